The van der Waals surface area contributed by atoms with Crippen molar-refractivity contribution in [2.75, 3.05) is 6.54 Å². The highest BCUT2D eigenvalue weighted by Gasteiger charge is 2.31. The van der Waals surface area contributed by atoms with Crippen LogP contribution in [-0.4, -0.2) is 48.1 Å². The minimum absolute atomic E-state index is 0.0377. The molecule has 4 rings (SSSR count). The van der Waals surface area contributed by atoms with Gasteiger partial charge in [0.2, 0.25) is 0 Å². The lowest BCUT2D eigenvalue weighted by atomic mass is 10.1. The number of amides is 1. The number of carbonyl (C=O) groups excluding carboxylic acids is 1. The Morgan fingerprint density at radius 2 is 2.35 bits per heavy atom. The molecule has 1 aliphatic heterocycles. The molecule has 0 aliphatic carbocycles. The number of aromatic nitrogens is 5. The number of hydrogen-bond acceptors (Lipinski definition) is 4. The van der Waals surface area contributed by atoms with Crippen molar-refractivity contribution in [2.24, 2.45) is 0 Å². The molecule has 23 heavy (non-hydrogen) atoms. The van der Waals surface area contributed by atoms with E-state index in [0.717, 1.165) is 37.3 Å². The van der Waals surface area contributed by atoms with E-state index in [1.807, 2.05) is 28.8 Å². The maximum Gasteiger partial charge on any atom is 0.256 e. The van der Waals surface area contributed by atoms with Crippen LogP contribution in [0.4, 0.5) is 0 Å². The van der Waals surface area contributed by atoms with Crippen LogP contribution in [0.25, 0.3) is 11.2 Å². The topological polar surface area (TPSA) is 79.7 Å². The second kappa shape index (κ2) is 5.49. The molecule has 3 aromatic heterocycles. The molecule has 1 atom stereocenters. The Bertz CT molecular complexity index is 838. The zero-order valence-electron chi connectivity index (χ0n) is 12.9. The van der Waals surface area contributed by atoms with Crippen molar-refractivity contribution in [3.8, 4) is 0 Å². The summed E-state index contributed by atoms with van der Waals surface area (Å²) in [6.45, 7) is 3.38. The first-order valence-electron chi connectivity index (χ1n) is 7.82. The largest absolute Gasteiger partial charge is 0.340 e. The first-order valence-corrected chi connectivity index (χ1v) is 7.82. The van der Waals surface area contributed by atoms with Crippen LogP contribution < -0.4 is 0 Å². The summed E-state index contributed by atoms with van der Waals surface area (Å²) in [5, 5.41) is 4.25. The molecule has 1 aliphatic rings. The van der Waals surface area contributed by atoms with E-state index in [1.165, 1.54) is 0 Å². The number of carbonyl (C=O) groups is 1. The van der Waals surface area contributed by atoms with E-state index in [4.69, 9.17) is 0 Å². The van der Waals surface area contributed by atoms with Crippen molar-refractivity contribution in [1.29, 1.82) is 0 Å². The molecule has 4 heterocycles. The molecule has 0 spiro atoms. The van der Waals surface area contributed by atoms with Crippen LogP contribution in [-0.2, 0) is 6.54 Å². The van der Waals surface area contributed by atoms with Crippen molar-refractivity contribution in [1.82, 2.24) is 29.6 Å². The third kappa shape index (κ3) is 2.48. The lowest BCUT2D eigenvalue weighted by Crippen LogP contribution is -2.38. The van der Waals surface area contributed by atoms with Crippen LogP contribution in [0.1, 0.15) is 29.0 Å². The Morgan fingerprint density at radius 3 is 3.17 bits per heavy atom. The van der Waals surface area contributed by atoms with E-state index < -0.39 is 0 Å². The highest BCUT2D eigenvalue weighted by molar-refractivity contribution is 6.04. The van der Waals surface area contributed by atoms with Gasteiger partial charge in [0.1, 0.15) is 5.82 Å². The fourth-order valence-electron chi connectivity index (χ4n) is 3.28. The molecule has 1 saturated heterocycles. The smallest absolute Gasteiger partial charge is 0.256 e. The molecule has 1 amide bonds. The normalized spacial score (nSPS) is 18.0. The first-order chi connectivity index (χ1) is 11.2. The summed E-state index contributed by atoms with van der Waals surface area (Å²) < 4.78 is 1.89. The number of aryl methyl sites for hydroxylation is 1. The van der Waals surface area contributed by atoms with Crippen LogP contribution in [0, 0.1) is 6.92 Å². The van der Waals surface area contributed by atoms with Gasteiger partial charge in [0.05, 0.1) is 23.7 Å². The number of fused-ring (bicyclic) bond motifs is 1. The molecule has 0 aromatic carbocycles. The average Bonchev–Trinajstić information content (AvgIpc) is 3.26. The molecular formula is C16H18N6O. The maximum absolute atomic E-state index is 13.0. The highest BCUT2D eigenvalue weighted by atomic mass is 16.2. The zero-order chi connectivity index (χ0) is 15.8. The fourth-order valence-corrected chi connectivity index (χ4v) is 3.28. The number of H-pyrrole nitrogens is 1. The van der Waals surface area contributed by atoms with E-state index in [1.54, 1.807) is 18.5 Å². The molecule has 1 N–H and O–H groups in total. The van der Waals surface area contributed by atoms with Gasteiger partial charge >= 0.3 is 0 Å². The fraction of sp³-hybridized carbons (Fsp3) is 0.375. The van der Waals surface area contributed by atoms with Crippen molar-refractivity contribution < 1.29 is 4.79 Å². The quantitative estimate of drug-likeness (QED) is 0.799. The monoisotopic (exact) mass is 310 g/mol. The molecule has 7 heteroatoms. The van der Waals surface area contributed by atoms with Gasteiger partial charge in [0.25, 0.3) is 5.91 Å². The van der Waals surface area contributed by atoms with Gasteiger partial charge in [-0.25, -0.2) is 9.97 Å². The Balaban J connectivity index is 1.64. The van der Waals surface area contributed by atoms with E-state index in [-0.39, 0.29) is 11.9 Å². The van der Waals surface area contributed by atoms with Gasteiger partial charge in [0.15, 0.2) is 5.65 Å². The summed E-state index contributed by atoms with van der Waals surface area (Å²) in [5.41, 5.74) is 1.96. The summed E-state index contributed by atoms with van der Waals surface area (Å²) >= 11 is 0. The SMILES string of the molecule is Cc1nc2nccc(C(=O)N3CCCC3Cn3cccn3)c2[nH]1. The van der Waals surface area contributed by atoms with Gasteiger partial charge in [-0.2, -0.15) is 5.10 Å². The van der Waals surface area contributed by atoms with Crippen LogP contribution >= 0.6 is 0 Å². The number of nitrogens with one attached hydrogen (secondary N) is 1. The second-order valence-corrected chi connectivity index (χ2v) is 5.90. The second-order valence-electron chi connectivity index (χ2n) is 5.90. The summed E-state index contributed by atoms with van der Waals surface area (Å²) in [6, 6.07) is 3.85. The van der Waals surface area contributed by atoms with Crippen LogP contribution in [0.15, 0.2) is 30.7 Å². The molecule has 0 radical (unpaired) electrons. The number of aromatic amines is 1. The third-order valence-corrected chi connectivity index (χ3v) is 4.34. The van der Waals surface area contributed by atoms with E-state index in [2.05, 4.69) is 20.1 Å². The Morgan fingerprint density at radius 1 is 1.43 bits per heavy atom. The average molecular weight is 310 g/mol. The minimum atomic E-state index is 0.0377. The highest BCUT2D eigenvalue weighted by Crippen LogP contribution is 2.24. The molecule has 1 fully saturated rings. The van der Waals surface area contributed by atoms with E-state index >= 15 is 0 Å². The molecule has 118 valence electrons. The Labute approximate surface area is 133 Å². The summed E-state index contributed by atoms with van der Waals surface area (Å²) in [7, 11) is 0. The van der Waals surface area contributed by atoms with Gasteiger partial charge in [-0.1, -0.05) is 0 Å². The van der Waals surface area contributed by atoms with Crippen LogP contribution in [0.5, 0.6) is 0 Å². The molecular weight excluding hydrogens is 292 g/mol. The summed E-state index contributed by atoms with van der Waals surface area (Å²) in [5.74, 6) is 0.804. The Hall–Kier alpha value is -2.70. The van der Waals surface area contributed by atoms with Gasteiger partial charge in [-0.05, 0) is 31.9 Å². The van der Waals surface area contributed by atoms with Gasteiger partial charge in [-0.15, -0.1) is 0 Å². The van der Waals surface area contributed by atoms with Gasteiger partial charge in [0, 0.05) is 25.1 Å². The lowest BCUT2D eigenvalue weighted by molar-refractivity contribution is 0.0723. The third-order valence-electron chi connectivity index (χ3n) is 4.34. The zero-order valence-corrected chi connectivity index (χ0v) is 12.9. The molecule has 1 unspecified atom stereocenters. The number of likely N-dealkylation sites (tertiary alicyclic amines) is 1. The van der Waals surface area contributed by atoms with Crippen molar-refractivity contribution in [2.45, 2.75) is 32.4 Å². The number of pyridine rings is 1. The van der Waals surface area contributed by atoms with E-state index in [0.29, 0.717) is 11.2 Å². The maximum atomic E-state index is 13.0. The molecule has 0 bridgehead atoms. The molecule has 0 saturated carbocycles. The Kier molecular flexibility index (Phi) is 3.33. The summed E-state index contributed by atoms with van der Waals surface area (Å²) in [6.07, 6.45) is 7.37. The van der Waals surface area contributed by atoms with E-state index in [9.17, 15) is 4.79 Å². The lowest BCUT2D eigenvalue weighted by Gasteiger charge is -2.25. The van der Waals surface area contributed by atoms with Gasteiger partial charge < -0.3 is 9.88 Å². The molecule has 7 nitrogen and oxygen atoms in total. The van der Waals surface area contributed by atoms with Crippen molar-refractivity contribution >= 4 is 17.1 Å². The predicted octanol–water partition coefficient (Wildman–Crippen LogP) is 1.77. The number of rotatable bonds is 3. The summed E-state index contributed by atoms with van der Waals surface area (Å²) in [4.78, 5) is 26.7. The van der Waals surface area contributed by atoms with Gasteiger partial charge in [-0.3, -0.25) is 9.48 Å². The van der Waals surface area contributed by atoms with Crippen LogP contribution in [0.2, 0.25) is 0 Å². The first kappa shape index (κ1) is 13.9. The number of imidazole rings is 1. The number of nitrogens with zero attached hydrogens (tertiary/aromatic N) is 5. The predicted molar refractivity (Wildman–Crippen MR) is 84.9 cm³/mol. The molecule has 3 aromatic rings. The van der Waals surface area contributed by atoms with Crippen LogP contribution in [0.3, 0.4) is 0 Å². The number of hydrogen-bond donors (Lipinski definition) is 1. The van der Waals surface area contributed by atoms with Crippen molar-refractivity contribution in [3.05, 3.63) is 42.1 Å². The van der Waals surface area contributed by atoms with Crippen molar-refractivity contribution in [3.63, 3.8) is 0 Å². The minimum Gasteiger partial charge on any atom is -0.340 e. The standard InChI is InChI=1S/C16H18N6O/c1-11-19-14-13(5-7-17-15(14)20-11)16(23)22-9-2-4-12(22)10-21-8-3-6-18-21/h3,5-8,12H,2,4,9-10H2,1H3,(H,17,19,20).